The van der Waals surface area contributed by atoms with E-state index < -0.39 is 6.36 Å². The number of nitrogens with two attached hydrogens (primary N) is 1. The highest BCUT2D eigenvalue weighted by molar-refractivity contribution is 14.0. The lowest BCUT2D eigenvalue weighted by Crippen LogP contribution is -2.23. The molecule has 0 spiro atoms. The molecule has 4 nitrogen and oxygen atoms in total. The Hall–Kier alpha value is -1.45. The first-order chi connectivity index (χ1) is 10.9. The van der Waals surface area contributed by atoms with E-state index in [2.05, 4.69) is 21.1 Å². The van der Waals surface area contributed by atoms with Gasteiger partial charge in [0.25, 0.3) is 0 Å². The Morgan fingerprint density at radius 1 is 1.21 bits per heavy atom. The third-order valence-corrected chi connectivity index (χ3v) is 3.46. The van der Waals surface area contributed by atoms with Crippen LogP contribution in [0.2, 0.25) is 0 Å². The molecular weight excluding hydrogens is 434 g/mol. The zero-order chi connectivity index (χ0) is 16.7. The van der Waals surface area contributed by atoms with Gasteiger partial charge in [0.1, 0.15) is 5.75 Å². The maximum absolute atomic E-state index is 12.1. The van der Waals surface area contributed by atoms with Crippen LogP contribution in [0.3, 0.4) is 0 Å². The second kappa shape index (κ2) is 9.75. The lowest BCUT2D eigenvalue weighted by atomic mass is 9.97. The first-order valence-corrected chi connectivity index (χ1v) is 7.53. The van der Waals surface area contributed by atoms with E-state index in [-0.39, 0.29) is 35.7 Å². The fourth-order valence-electron chi connectivity index (χ4n) is 2.38. The maximum atomic E-state index is 12.1. The Balaban J connectivity index is 0.00000288. The van der Waals surface area contributed by atoms with E-state index in [1.807, 2.05) is 0 Å². The fraction of sp³-hybridized carbons (Fsp3) is 0.438. The van der Waals surface area contributed by atoms with Crippen molar-refractivity contribution in [3.05, 3.63) is 35.9 Å². The first kappa shape index (κ1) is 20.6. The van der Waals surface area contributed by atoms with Gasteiger partial charge in [0.05, 0.1) is 0 Å². The zero-order valence-electron chi connectivity index (χ0n) is 13.1. The number of hydrogen-bond donors (Lipinski definition) is 2. The molecule has 3 N–H and O–H groups in total. The van der Waals surface area contributed by atoms with Crippen LogP contribution < -0.4 is 15.8 Å². The summed E-state index contributed by atoms with van der Waals surface area (Å²) in [7, 11) is 0. The minimum Gasteiger partial charge on any atom is -0.406 e. The molecule has 0 bridgehead atoms. The largest absolute Gasteiger partial charge is 0.573 e. The number of ether oxygens (including phenoxy) is 1. The monoisotopic (exact) mass is 455 g/mol. The summed E-state index contributed by atoms with van der Waals surface area (Å²) in [6.45, 7) is 0.597. The summed E-state index contributed by atoms with van der Waals surface area (Å²) < 4.78 is 40.0. The molecule has 134 valence electrons. The summed E-state index contributed by atoms with van der Waals surface area (Å²) in [5, 5.41) is 2.84. The highest BCUT2D eigenvalue weighted by Crippen LogP contribution is 2.24. The molecule has 0 heterocycles. The van der Waals surface area contributed by atoms with Crippen LogP contribution in [0.25, 0.3) is 0 Å². The van der Waals surface area contributed by atoms with E-state index in [1.54, 1.807) is 0 Å². The van der Waals surface area contributed by atoms with Gasteiger partial charge in [-0.2, -0.15) is 0 Å². The van der Waals surface area contributed by atoms with Crippen molar-refractivity contribution < 1.29 is 17.9 Å². The van der Waals surface area contributed by atoms with Gasteiger partial charge in [0.2, 0.25) is 0 Å². The molecule has 0 aliphatic heterocycles. The topological polar surface area (TPSA) is 59.6 Å². The third kappa shape index (κ3) is 7.89. The highest BCUT2D eigenvalue weighted by Gasteiger charge is 2.30. The Labute approximate surface area is 156 Å². The summed E-state index contributed by atoms with van der Waals surface area (Å²) in [4.78, 5) is 4.23. The molecule has 0 saturated carbocycles. The third-order valence-electron chi connectivity index (χ3n) is 3.46. The van der Waals surface area contributed by atoms with E-state index in [9.17, 15) is 13.2 Å². The molecule has 0 radical (unpaired) electrons. The molecule has 0 saturated heterocycles. The summed E-state index contributed by atoms with van der Waals surface area (Å²) >= 11 is 0. The van der Waals surface area contributed by atoms with Crippen LogP contribution in [0, 0.1) is 0 Å². The van der Waals surface area contributed by atoms with Crippen molar-refractivity contribution in [3.8, 4) is 5.75 Å². The Bertz CT molecular complexity index is 571. The van der Waals surface area contributed by atoms with Gasteiger partial charge in [-0.15, -0.1) is 37.1 Å². The number of aliphatic imine (C=N–C) groups is 1. The maximum Gasteiger partial charge on any atom is 0.573 e. The van der Waals surface area contributed by atoms with Crippen molar-refractivity contribution in [2.45, 2.75) is 38.5 Å². The van der Waals surface area contributed by atoms with Crippen molar-refractivity contribution >= 4 is 35.6 Å². The summed E-state index contributed by atoms with van der Waals surface area (Å²) in [6, 6.07) is 5.34. The number of rotatable bonds is 5. The van der Waals surface area contributed by atoms with Gasteiger partial charge >= 0.3 is 6.36 Å². The Morgan fingerprint density at radius 3 is 2.50 bits per heavy atom. The minimum absolute atomic E-state index is 0. The van der Waals surface area contributed by atoms with Gasteiger partial charge in [0.15, 0.2) is 5.96 Å². The molecule has 0 amide bonds. The fourth-order valence-corrected chi connectivity index (χ4v) is 2.38. The summed E-state index contributed by atoms with van der Waals surface area (Å²) in [6.07, 6.45) is 3.22. The number of anilines is 1. The standard InChI is InChI=1S/C16H20F3N3O.HI/c17-16(18,19)23-14-8-6-13(7-9-14)22-15(20)21-11-10-12-4-2-1-3-5-12;/h4,6-9H,1-3,5,10-11H2,(H3,20,21,22);1H. The first-order valence-electron chi connectivity index (χ1n) is 7.53. The second-order valence-corrected chi connectivity index (χ2v) is 5.32. The molecule has 1 aliphatic carbocycles. The van der Waals surface area contributed by atoms with Crippen molar-refractivity contribution in [2.75, 3.05) is 11.9 Å². The van der Waals surface area contributed by atoms with Gasteiger partial charge in [-0.1, -0.05) is 11.6 Å². The SMILES string of the molecule is I.NC(=NCCC1=CCCCC1)Nc1ccc(OC(F)(F)F)cc1. The number of halogens is 4. The molecule has 0 aromatic heterocycles. The van der Waals surface area contributed by atoms with Crippen molar-refractivity contribution in [2.24, 2.45) is 10.7 Å². The van der Waals surface area contributed by atoms with E-state index in [1.165, 1.54) is 42.7 Å². The molecule has 24 heavy (non-hydrogen) atoms. The molecule has 8 heteroatoms. The average Bonchev–Trinajstić information content (AvgIpc) is 2.49. The normalized spacial score (nSPS) is 15.3. The van der Waals surface area contributed by atoms with Crippen LogP contribution in [-0.2, 0) is 0 Å². The summed E-state index contributed by atoms with van der Waals surface area (Å²) in [5.74, 6) is -0.0336. The highest BCUT2D eigenvalue weighted by atomic mass is 127. The predicted octanol–water partition coefficient (Wildman–Crippen LogP) is 4.82. The van der Waals surface area contributed by atoms with Crippen LogP contribution in [-0.4, -0.2) is 18.9 Å². The van der Waals surface area contributed by atoms with E-state index in [0.29, 0.717) is 12.2 Å². The van der Waals surface area contributed by atoms with Gasteiger partial charge in [-0.3, -0.25) is 4.99 Å². The van der Waals surface area contributed by atoms with Crippen LogP contribution in [0.4, 0.5) is 18.9 Å². The number of guanidine groups is 1. The lowest BCUT2D eigenvalue weighted by Gasteiger charge is -2.12. The van der Waals surface area contributed by atoms with Crippen LogP contribution in [0.5, 0.6) is 5.75 Å². The molecule has 2 rings (SSSR count). The second-order valence-electron chi connectivity index (χ2n) is 5.32. The van der Waals surface area contributed by atoms with Gasteiger partial charge in [-0.25, -0.2) is 0 Å². The Kier molecular flexibility index (Phi) is 8.37. The zero-order valence-corrected chi connectivity index (χ0v) is 15.4. The molecule has 0 atom stereocenters. The van der Waals surface area contributed by atoms with Gasteiger partial charge in [0, 0.05) is 12.2 Å². The predicted molar refractivity (Wildman–Crippen MR) is 99.8 cm³/mol. The minimum atomic E-state index is -4.69. The van der Waals surface area contributed by atoms with Crippen molar-refractivity contribution in [3.63, 3.8) is 0 Å². The van der Waals surface area contributed by atoms with Crippen LogP contribution >= 0.6 is 24.0 Å². The number of nitrogens with one attached hydrogen (secondary N) is 1. The molecular formula is C16H21F3IN3O. The van der Waals surface area contributed by atoms with E-state index in [4.69, 9.17) is 5.73 Å². The van der Waals surface area contributed by atoms with Crippen molar-refractivity contribution in [1.82, 2.24) is 0 Å². The quantitative estimate of drug-likeness (QED) is 0.290. The Morgan fingerprint density at radius 2 is 1.92 bits per heavy atom. The number of nitrogens with zero attached hydrogens (tertiary/aromatic N) is 1. The molecule has 1 aromatic rings. The molecule has 0 unspecified atom stereocenters. The number of benzene rings is 1. The molecule has 1 aromatic carbocycles. The van der Waals surface area contributed by atoms with Gasteiger partial charge < -0.3 is 15.8 Å². The van der Waals surface area contributed by atoms with Crippen LogP contribution in [0.1, 0.15) is 32.1 Å². The van der Waals surface area contributed by atoms with Crippen molar-refractivity contribution in [1.29, 1.82) is 0 Å². The average molecular weight is 455 g/mol. The molecule has 0 fully saturated rings. The van der Waals surface area contributed by atoms with E-state index >= 15 is 0 Å². The number of hydrogen-bond acceptors (Lipinski definition) is 2. The lowest BCUT2D eigenvalue weighted by molar-refractivity contribution is -0.274. The molecule has 1 aliphatic rings. The number of allylic oxidation sites excluding steroid dienone is 1. The van der Waals surface area contributed by atoms with Crippen LogP contribution in [0.15, 0.2) is 40.9 Å². The van der Waals surface area contributed by atoms with E-state index in [0.717, 1.165) is 19.3 Å². The smallest absolute Gasteiger partial charge is 0.406 e. The summed E-state index contributed by atoms with van der Waals surface area (Å²) in [5.41, 5.74) is 7.74. The number of alkyl halides is 3. The van der Waals surface area contributed by atoms with Gasteiger partial charge in [-0.05, 0) is 56.4 Å².